The minimum atomic E-state index is 0.634. The van der Waals surface area contributed by atoms with Crippen LogP contribution in [0.25, 0.3) is 10.9 Å². The number of ether oxygens (including phenoxy) is 1. The molecule has 14 heavy (non-hydrogen) atoms. The predicted octanol–water partition coefficient (Wildman–Crippen LogP) is 1.79. The van der Waals surface area contributed by atoms with Crippen molar-refractivity contribution in [2.45, 2.75) is 6.92 Å². The molecule has 72 valence electrons. The van der Waals surface area contributed by atoms with E-state index in [1.54, 1.807) is 19.2 Å². The number of nitrogens with zero attached hydrogens (tertiary/aromatic N) is 1. The Bertz CT molecular complexity index is 480. The molecule has 0 aliphatic heterocycles. The second-order valence-electron chi connectivity index (χ2n) is 3.23. The molecule has 2 aromatic rings. The van der Waals surface area contributed by atoms with Crippen LogP contribution in [0.5, 0.6) is 5.75 Å². The van der Waals surface area contributed by atoms with Crippen molar-refractivity contribution in [2.75, 3.05) is 7.11 Å². The van der Waals surface area contributed by atoms with E-state index < -0.39 is 0 Å². The summed E-state index contributed by atoms with van der Waals surface area (Å²) in [4.78, 5) is 0. The summed E-state index contributed by atoms with van der Waals surface area (Å²) in [5.41, 5.74) is 1.75. The average molecular weight is 189 g/mol. The first kappa shape index (κ1) is 8.81. The van der Waals surface area contributed by atoms with E-state index in [2.05, 4.69) is 0 Å². The monoisotopic (exact) mass is 189 g/mol. The molecule has 0 radical (unpaired) electrons. The van der Waals surface area contributed by atoms with Crippen LogP contribution in [0.2, 0.25) is 0 Å². The van der Waals surface area contributed by atoms with Gasteiger partial charge in [0.15, 0.2) is 6.20 Å². The Kier molecular flexibility index (Phi) is 2.00. The molecule has 1 aromatic heterocycles. The molecule has 0 N–H and O–H groups in total. The smallest absolute Gasteiger partial charge is 0.227 e. The van der Waals surface area contributed by atoms with Crippen LogP contribution in [0.4, 0.5) is 0 Å². The van der Waals surface area contributed by atoms with Crippen LogP contribution in [-0.2, 0) is 0 Å². The van der Waals surface area contributed by atoms with Gasteiger partial charge in [-0.1, -0.05) is 6.07 Å². The number of aryl methyl sites for hydroxylation is 1. The number of rotatable bonds is 1. The number of pyridine rings is 1. The Hall–Kier alpha value is -1.77. The predicted molar refractivity (Wildman–Crippen MR) is 54.2 cm³/mol. The van der Waals surface area contributed by atoms with E-state index in [1.807, 2.05) is 19.1 Å². The van der Waals surface area contributed by atoms with Crippen molar-refractivity contribution in [1.29, 1.82) is 0 Å². The quantitative estimate of drug-likeness (QED) is 0.506. The second-order valence-corrected chi connectivity index (χ2v) is 3.23. The summed E-state index contributed by atoms with van der Waals surface area (Å²) in [6, 6.07) is 7.34. The molecule has 0 saturated heterocycles. The zero-order valence-corrected chi connectivity index (χ0v) is 8.15. The molecule has 0 aliphatic carbocycles. The zero-order valence-electron chi connectivity index (χ0n) is 8.15. The number of aromatic nitrogens is 1. The lowest BCUT2D eigenvalue weighted by atomic mass is 10.1. The maximum absolute atomic E-state index is 11.4. The van der Waals surface area contributed by atoms with Gasteiger partial charge >= 0.3 is 0 Å². The van der Waals surface area contributed by atoms with E-state index in [0.29, 0.717) is 5.52 Å². The van der Waals surface area contributed by atoms with Crippen molar-refractivity contribution in [2.24, 2.45) is 0 Å². The Morgan fingerprint density at radius 1 is 1.29 bits per heavy atom. The van der Waals surface area contributed by atoms with Gasteiger partial charge < -0.3 is 9.94 Å². The number of hydrogen-bond acceptors (Lipinski definition) is 2. The molecular weight excluding hydrogens is 178 g/mol. The van der Waals surface area contributed by atoms with Gasteiger partial charge in [-0.3, -0.25) is 0 Å². The molecule has 0 fully saturated rings. The summed E-state index contributed by atoms with van der Waals surface area (Å²) in [5, 5.41) is 12.3. The fraction of sp³-hybridized carbons (Fsp3) is 0.182. The van der Waals surface area contributed by atoms with Gasteiger partial charge in [-0.25, -0.2) is 0 Å². The number of fused-ring (bicyclic) bond motifs is 1. The van der Waals surface area contributed by atoms with Crippen molar-refractivity contribution in [1.82, 2.24) is 0 Å². The third-order valence-corrected chi connectivity index (χ3v) is 2.24. The summed E-state index contributed by atoms with van der Waals surface area (Å²) < 4.78 is 6.03. The van der Waals surface area contributed by atoms with Gasteiger partial charge in [-0.15, -0.1) is 0 Å². The first-order valence-corrected chi connectivity index (χ1v) is 4.39. The topological polar surface area (TPSA) is 36.2 Å². The minimum Gasteiger partial charge on any atom is -0.618 e. The third kappa shape index (κ3) is 1.27. The number of hydrogen-bond donors (Lipinski definition) is 0. The van der Waals surface area contributed by atoms with Gasteiger partial charge in [0.25, 0.3) is 0 Å². The SMILES string of the molecule is COc1cc[n+]([O-])c2ccc(C)cc12. The van der Waals surface area contributed by atoms with E-state index >= 15 is 0 Å². The Balaban J connectivity index is 2.85. The normalized spacial score (nSPS) is 10.4. The van der Waals surface area contributed by atoms with Crippen LogP contribution < -0.4 is 9.47 Å². The molecule has 0 saturated carbocycles. The summed E-state index contributed by atoms with van der Waals surface area (Å²) in [7, 11) is 1.60. The molecule has 0 unspecified atom stereocenters. The lowest BCUT2D eigenvalue weighted by Crippen LogP contribution is -2.25. The molecule has 3 heteroatoms. The molecule has 0 amide bonds. The van der Waals surface area contributed by atoms with Crippen LogP contribution in [0.15, 0.2) is 30.5 Å². The van der Waals surface area contributed by atoms with E-state index in [0.717, 1.165) is 21.4 Å². The molecular formula is C11H11NO2. The van der Waals surface area contributed by atoms with Crippen molar-refractivity contribution in [3.8, 4) is 5.75 Å². The maximum atomic E-state index is 11.4. The highest BCUT2D eigenvalue weighted by Gasteiger charge is 2.08. The third-order valence-electron chi connectivity index (χ3n) is 2.24. The molecule has 0 spiro atoms. The van der Waals surface area contributed by atoms with Crippen LogP contribution in [0.1, 0.15) is 5.56 Å². The van der Waals surface area contributed by atoms with Crippen molar-refractivity contribution >= 4 is 10.9 Å². The highest BCUT2D eigenvalue weighted by Crippen LogP contribution is 2.23. The van der Waals surface area contributed by atoms with Gasteiger partial charge in [0.2, 0.25) is 5.52 Å². The maximum Gasteiger partial charge on any atom is 0.227 e. The van der Waals surface area contributed by atoms with Crippen LogP contribution in [0.3, 0.4) is 0 Å². The fourth-order valence-corrected chi connectivity index (χ4v) is 1.52. The molecule has 0 bridgehead atoms. The number of benzene rings is 1. The summed E-state index contributed by atoms with van der Waals surface area (Å²) in [5.74, 6) is 0.732. The van der Waals surface area contributed by atoms with Crippen LogP contribution >= 0.6 is 0 Å². The largest absolute Gasteiger partial charge is 0.618 e. The van der Waals surface area contributed by atoms with Crippen molar-refractivity contribution in [3.63, 3.8) is 0 Å². The summed E-state index contributed by atoms with van der Waals surface area (Å²) in [6.45, 7) is 1.99. The van der Waals surface area contributed by atoms with E-state index in [-0.39, 0.29) is 0 Å². The molecule has 1 heterocycles. The molecule has 0 atom stereocenters. The summed E-state index contributed by atoms with van der Waals surface area (Å²) >= 11 is 0. The van der Waals surface area contributed by atoms with Gasteiger partial charge in [0, 0.05) is 12.1 Å². The van der Waals surface area contributed by atoms with Gasteiger partial charge in [0.05, 0.1) is 12.5 Å². The van der Waals surface area contributed by atoms with Gasteiger partial charge in [-0.2, -0.15) is 4.73 Å². The van der Waals surface area contributed by atoms with E-state index in [4.69, 9.17) is 4.74 Å². The lowest BCUT2D eigenvalue weighted by molar-refractivity contribution is -0.577. The van der Waals surface area contributed by atoms with Crippen molar-refractivity contribution in [3.05, 3.63) is 41.2 Å². The van der Waals surface area contributed by atoms with Gasteiger partial charge in [0.1, 0.15) is 5.75 Å². The highest BCUT2D eigenvalue weighted by atomic mass is 16.5. The highest BCUT2D eigenvalue weighted by molar-refractivity contribution is 5.83. The molecule has 0 aliphatic rings. The Labute approximate surface area is 82.1 Å². The van der Waals surface area contributed by atoms with Crippen LogP contribution in [0, 0.1) is 12.1 Å². The molecule has 2 rings (SSSR count). The second kappa shape index (κ2) is 3.18. The first-order valence-electron chi connectivity index (χ1n) is 4.39. The standard InChI is InChI=1S/C11H11NO2/c1-8-3-4-10-9(7-8)11(14-2)5-6-12(10)13/h3-7H,1-2H3. The van der Waals surface area contributed by atoms with E-state index in [9.17, 15) is 5.21 Å². The summed E-state index contributed by atoms with van der Waals surface area (Å²) in [6.07, 6.45) is 1.45. The minimum absolute atomic E-state index is 0.634. The average Bonchev–Trinajstić information content (AvgIpc) is 2.18. The molecule has 3 nitrogen and oxygen atoms in total. The van der Waals surface area contributed by atoms with Gasteiger partial charge in [-0.05, 0) is 18.6 Å². The zero-order chi connectivity index (χ0) is 10.1. The number of methoxy groups -OCH3 is 1. The Morgan fingerprint density at radius 3 is 2.79 bits per heavy atom. The van der Waals surface area contributed by atoms with E-state index in [1.165, 1.54) is 6.20 Å². The lowest BCUT2D eigenvalue weighted by Gasteiger charge is -2.06. The van der Waals surface area contributed by atoms with Crippen LogP contribution in [-0.4, -0.2) is 7.11 Å². The van der Waals surface area contributed by atoms with Crippen molar-refractivity contribution < 1.29 is 9.47 Å². The fourth-order valence-electron chi connectivity index (χ4n) is 1.52. The first-order chi connectivity index (χ1) is 6.72. The molecule has 1 aromatic carbocycles. The Morgan fingerprint density at radius 2 is 2.07 bits per heavy atom.